The summed E-state index contributed by atoms with van der Waals surface area (Å²) in [6.07, 6.45) is 3.29. The third kappa shape index (κ3) is 3.29. The van der Waals surface area contributed by atoms with E-state index < -0.39 is 0 Å². The predicted octanol–water partition coefficient (Wildman–Crippen LogP) is 2.72. The van der Waals surface area contributed by atoms with E-state index in [1.165, 1.54) is 0 Å². The Morgan fingerprint density at radius 2 is 2.00 bits per heavy atom. The first kappa shape index (κ1) is 14.2. The molecule has 0 saturated carbocycles. The van der Waals surface area contributed by atoms with Crippen molar-refractivity contribution in [2.45, 2.75) is 6.54 Å². The van der Waals surface area contributed by atoms with Gasteiger partial charge in [-0.05, 0) is 36.4 Å². The molecule has 22 heavy (non-hydrogen) atoms. The minimum atomic E-state index is -0.238. The average Bonchev–Trinajstić information content (AvgIpc) is 3.03. The van der Waals surface area contributed by atoms with Crippen LogP contribution in [0, 0.1) is 0 Å². The van der Waals surface area contributed by atoms with E-state index in [-0.39, 0.29) is 12.5 Å². The third-order valence-electron chi connectivity index (χ3n) is 2.88. The molecule has 1 aromatic carbocycles. The Hall–Kier alpha value is -2.73. The molecule has 0 aliphatic carbocycles. The van der Waals surface area contributed by atoms with E-state index in [4.69, 9.17) is 16.0 Å². The van der Waals surface area contributed by atoms with Crippen molar-refractivity contribution in [1.82, 2.24) is 20.5 Å². The lowest BCUT2D eigenvalue weighted by Crippen LogP contribution is -2.22. The highest BCUT2D eigenvalue weighted by molar-refractivity contribution is 6.30. The van der Waals surface area contributed by atoms with Crippen molar-refractivity contribution in [2.24, 2.45) is 0 Å². The largest absolute Gasteiger partial charge is 0.419 e. The van der Waals surface area contributed by atoms with E-state index in [9.17, 15) is 4.79 Å². The van der Waals surface area contributed by atoms with Crippen LogP contribution in [0.25, 0.3) is 11.5 Å². The van der Waals surface area contributed by atoms with Crippen LogP contribution in [0.1, 0.15) is 16.2 Å². The molecular formula is C15H11ClN4O2. The summed E-state index contributed by atoms with van der Waals surface area (Å²) in [5.74, 6) is 0.447. The van der Waals surface area contributed by atoms with Gasteiger partial charge in [-0.25, -0.2) is 0 Å². The van der Waals surface area contributed by atoms with E-state index in [2.05, 4.69) is 20.5 Å². The number of carbonyl (C=O) groups is 1. The minimum absolute atomic E-state index is 0.148. The number of amides is 1. The van der Waals surface area contributed by atoms with Crippen molar-refractivity contribution < 1.29 is 9.21 Å². The quantitative estimate of drug-likeness (QED) is 0.800. The molecule has 0 aliphatic rings. The molecule has 1 amide bonds. The zero-order valence-corrected chi connectivity index (χ0v) is 12.1. The lowest BCUT2D eigenvalue weighted by atomic mass is 10.2. The lowest BCUT2D eigenvalue weighted by molar-refractivity contribution is 0.0947. The highest BCUT2D eigenvalue weighted by atomic mass is 35.5. The highest BCUT2D eigenvalue weighted by Crippen LogP contribution is 2.15. The van der Waals surface area contributed by atoms with Crippen molar-refractivity contribution in [3.8, 4) is 11.5 Å². The summed E-state index contributed by atoms with van der Waals surface area (Å²) in [5.41, 5.74) is 1.24. The standard InChI is InChI=1S/C15H11ClN4O2/c16-12-5-3-10(4-6-12)14(21)18-9-13-19-20-15(22-13)11-2-1-7-17-8-11/h1-8H,9H2,(H,18,21). The average molecular weight is 315 g/mol. The smallest absolute Gasteiger partial charge is 0.251 e. The van der Waals surface area contributed by atoms with E-state index in [0.29, 0.717) is 22.4 Å². The maximum Gasteiger partial charge on any atom is 0.251 e. The summed E-state index contributed by atoms with van der Waals surface area (Å²) in [5, 5.41) is 11.1. The topological polar surface area (TPSA) is 80.9 Å². The number of halogens is 1. The van der Waals surface area contributed by atoms with Gasteiger partial charge in [0.2, 0.25) is 11.8 Å². The number of hydrogen-bond donors (Lipinski definition) is 1. The van der Waals surface area contributed by atoms with Crippen molar-refractivity contribution in [2.75, 3.05) is 0 Å². The fourth-order valence-electron chi connectivity index (χ4n) is 1.79. The van der Waals surface area contributed by atoms with Gasteiger partial charge in [0.25, 0.3) is 5.91 Å². The van der Waals surface area contributed by atoms with Gasteiger partial charge in [-0.15, -0.1) is 10.2 Å². The maximum atomic E-state index is 12.0. The van der Waals surface area contributed by atoms with Crippen LogP contribution in [0.4, 0.5) is 0 Å². The molecular weight excluding hydrogens is 304 g/mol. The highest BCUT2D eigenvalue weighted by Gasteiger charge is 2.10. The number of benzene rings is 1. The number of hydrogen-bond acceptors (Lipinski definition) is 5. The van der Waals surface area contributed by atoms with E-state index >= 15 is 0 Å². The second kappa shape index (κ2) is 6.36. The summed E-state index contributed by atoms with van der Waals surface area (Å²) < 4.78 is 5.48. The minimum Gasteiger partial charge on any atom is -0.419 e. The van der Waals surface area contributed by atoms with Crippen LogP contribution in [-0.2, 0) is 6.54 Å². The molecule has 2 aromatic heterocycles. The van der Waals surface area contributed by atoms with Crippen LogP contribution < -0.4 is 5.32 Å². The van der Waals surface area contributed by atoms with Gasteiger partial charge in [0, 0.05) is 23.0 Å². The Bertz CT molecular complexity index is 772. The molecule has 6 nitrogen and oxygen atoms in total. The molecule has 0 aliphatic heterocycles. The van der Waals surface area contributed by atoms with E-state index in [0.717, 1.165) is 5.56 Å². The molecule has 1 N–H and O–H groups in total. The third-order valence-corrected chi connectivity index (χ3v) is 3.13. The van der Waals surface area contributed by atoms with Gasteiger partial charge in [0.1, 0.15) is 0 Å². The predicted molar refractivity (Wildman–Crippen MR) is 80.2 cm³/mol. The van der Waals surface area contributed by atoms with Crippen molar-refractivity contribution in [1.29, 1.82) is 0 Å². The molecule has 0 spiro atoms. The van der Waals surface area contributed by atoms with Gasteiger partial charge in [-0.1, -0.05) is 11.6 Å². The molecule has 0 atom stereocenters. The second-order valence-corrected chi connectivity index (χ2v) is 4.87. The number of carbonyl (C=O) groups excluding carboxylic acids is 1. The number of rotatable bonds is 4. The fourth-order valence-corrected chi connectivity index (χ4v) is 1.92. The monoisotopic (exact) mass is 314 g/mol. The lowest BCUT2D eigenvalue weighted by Gasteiger charge is -2.02. The molecule has 0 unspecified atom stereocenters. The first-order valence-corrected chi connectivity index (χ1v) is 6.87. The molecule has 3 rings (SSSR count). The second-order valence-electron chi connectivity index (χ2n) is 4.43. The summed E-state index contributed by atoms with van der Waals surface area (Å²) in [7, 11) is 0. The summed E-state index contributed by atoms with van der Waals surface area (Å²) in [6.45, 7) is 0.148. The van der Waals surface area contributed by atoms with Crippen LogP contribution in [0.15, 0.2) is 53.2 Å². The Labute approximate surface area is 131 Å². The van der Waals surface area contributed by atoms with E-state index in [1.807, 2.05) is 6.07 Å². The van der Waals surface area contributed by atoms with Gasteiger partial charge in [0.15, 0.2) is 0 Å². The molecule has 3 aromatic rings. The van der Waals surface area contributed by atoms with Crippen molar-refractivity contribution in [3.63, 3.8) is 0 Å². The maximum absolute atomic E-state index is 12.0. The summed E-state index contributed by atoms with van der Waals surface area (Å²) in [4.78, 5) is 15.9. The van der Waals surface area contributed by atoms with E-state index in [1.54, 1.807) is 42.7 Å². The number of pyridine rings is 1. The van der Waals surface area contributed by atoms with Gasteiger partial charge < -0.3 is 9.73 Å². The SMILES string of the molecule is O=C(NCc1nnc(-c2cccnc2)o1)c1ccc(Cl)cc1. The molecule has 110 valence electrons. The van der Waals surface area contributed by atoms with Crippen LogP contribution in [0.2, 0.25) is 5.02 Å². The normalized spacial score (nSPS) is 10.4. The van der Waals surface area contributed by atoms with Crippen molar-refractivity contribution in [3.05, 3.63) is 65.3 Å². The zero-order valence-electron chi connectivity index (χ0n) is 11.4. The zero-order chi connectivity index (χ0) is 15.4. The van der Waals surface area contributed by atoms with Crippen molar-refractivity contribution >= 4 is 17.5 Å². The Morgan fingerprint density at radius 3 is 2.73 bits per heavy atom. The fraction of sp³-hybridized carbons (Fsp3) is 0.0667. The van der Waals surface area contributed by atoms with Crippen LogP contribution in [-0.4, -0.2) is 21.1 Å². The number of nitrogens with one attached hydrogen (secondary N) is 1. The van der Waals surface area contributed by atoms with Gasteiger partial charge in [-0.3, -0.25) is 9.78 Å². The van der Waals surface area contributed by atoms with Crippen LogP contribution in [0.3, 0.4) is 0 Å². The molecule has 0 bridgehead atoms. The Balaban J connectivity index is 1.64. The summed E-state index contributed by atoms with van der Waals surface area (Å²) >= 11 is 5.78. The molecule has 0 saturated heterocycles. The molecule has 0 radical (unpaired) electrons. The van der Waals surface area contributed by atoms with Gasteiger partial charge in [-0.2, -0.15) is 0 Å². The first-order valence-electron chi connectivity index (χ1n) is 6.49. The van der Waals surface area contributed by atoms with Crippen LogP contribution in [0.5, 0.6) is 0 Å². The Morgan fingerprint density at radius 1 is 1.18 bits per heavy atom. The molecule has 2 heterocycles. The van der Waals surface area contributed by atoms with Gasteiger partial charge in [0.05, 0.1) is 12.1 Å². The number of aromatic nitrogens is 3. The summed E-state index contributed by atoms with van der Waals surface area (Å²) in [6, 6.07) is 10.2. The Kier molecular flexibility index (Phi) is 4.11. The van der Waals surface area contributed by atoms with Gasteiger partial charge >= 0.3 is 0 Å². The molecule has 7 heteroatoms. The van der Waals surface area contributed by atoms with Crippen LogP contribution >= 0.6 is 11.6 Å². The first-order chi connectivity index (χ1) is 10.7. The molecule has 0 fully saturated rings. The number of nitrogens with zero attached hydrogens (tertiary/aromatic N) is 3.